The Morgan fingerprint density at radius 3 is 1.96 bits per heavy atom. The summed E-state index contributed by atoms with van der Waals surface area (Å²) in [5, 5.41) is 25.5. The third-order valence-corrected chi connectivity index (χ3v) is 3.10. The van der Waals surface area contributed by atoms with Gasteiger partial charge in [-0.1, -0.05) is 6.42 Å². The number of nitrogens with zero attached hydrogens (tertiary/aromatic N) is 4. The lowest BCUT2D eigenvalue weighted by Crippen LogP contribution is -2.32. The SMILES string of the molecule is NCCCCCC(=O)c1ncncn1.OCCN(CCO)CCO. The van der Waals surface area contributed by atoms with E-state index in [-0.39, 0.29) is 31.4 Å². The minimum absolute atomic E-state index is 0.0237. The first-order valence-corrected chi connectivity index (χ1v) is 8.09. The molecule has 0 spiro atoms. The Labute approximate surface area is 142 Å². The van der Waals surface area contributed by atoms with Gasteiger partial charge < -0.3 is 21.1 Å². The predicted octanol–water partition coefficient (Wildman–Crippen LogP) is -1.16. The molecule has 0 aliphatic heterocycles. The van der Waals surface area contributed by atoms with E-state index in [0.29, 0.717) is 32.6 Å². The number of aliphatic hydroxyl groups excluding tert-OH is 3. The molecule has 0 amide bonds. The molecule has 5 N–H and O–H groups in total. The summed E-state index contributed by atoms with van der Waals surface area (Å²) in [4.78, 5) is 24.4. The molecule has 0 aliphatic carbocycles. The van der Waals surface area contributed by atoms with Gasteiger partial charge in [0.25, 0.3) is 0 Å². The Hall–Kier alpha value is -1.52. The van der Waals surface area contributed by atoms with Crippen molar-refractivity contribution in [1.29, 1.82) is 0 Å². The van der Waals surface area contributed by atoms with Gasteiger partial charge in [-0.05, 0) is 19.4 Å². The number of ketones is 1. The van der Waals surface area contributed by atoms with Crippen molar-refractivity contribution in [2.24, 2.45) is 5.73 Å². The van der Waals surface area contributed by atoms with E-state index in [4.69, 9.17) is 21.1 Å². The first-order chi connectivity index (χ1) is 11.7. The number of nitrogens with two attached hydrogens (primary N) is 1. The second-order valence-electron chi connectivity index (χ2n) is 5.00. The van der Waals surface area contributed by atoms with Gasteiger partial charge in [-0.25, -0.2) is 15.0 Å². The molecule has 138 valence electrons. The van der Waals surface area contributed by atoms with Gasteiger partial charge in [0.15, 0.2) is 11.6 Å². The van der Waals surface area contributed by atoms with Gasteiger partial charge >= 0.3 is 0 Å². The van der Waals surface area contributed by atoms with Crippen LogP contribution < -0.4 is 5.73 Å². The van der Waals surface area contributed by atoms with Crippen molar-refractivity contribution in [3.05, 3.63) is 18.5 Å². The minimum Gasteiger partial charge on any atom is -0.395 e. The molecule has 9 nitrogen and oxygen atoms in total. The van der Waals surface area contributed by atoms with Crippen molar-refractivity contribution >= 4 is 5.78 Å². The fraction of sp³-hybridized carbons (Fsp3) is 0.733. The van der Waals surface area contributed by atoms with Crippen LogP contribution in [0.25, 0.3) is 0 Å². The topological polar surface area (TPSA) is 146 Å². The molecule has 1 aromatic rings. The summed E-state index contributed by atoms with van der Waals surface area (Å²) in [6, 6.07) is 0. The standard InChI is InChI=1S/C9H14N4O.C6H15NO3/c10-5-3-1-2-4-8(14)9-12-6-11-7-13-9;8-4-1-7(2-5-9)3-6-10/h6-7H,1-5,10H2;8-10H,1-6H2. The summed E-state index contributed by atoms with van der Waals surface area (Å²) in [5.74, 6) is 0.233. The summed E-state index contributed by atoms with van der Waals surface area (Å²) >= 11 is 0. The Morgan fingerprint density at radius 1 is 0.958 bits per heavy atom. The van der Waals surface area contributed by atoms with Crippen molar-refractivity contribution in [2.75, 3.05) is 46.0 Å². The number of hydrogen-bond donors (Lipinski definition) is 4. The summed E-state index contributed by atoms with van der Waals surface area (Å²) in [5.41, 5.74) is 5.34. The summed E-state index contributed by atoms with van der Waals surface area (Å²) < 4.78 is 0. The zero-order valence-corrected chi connectivity index (χ0v) is 14.0. The highest BCUT2D eigenvalue weighted by Crippen LogP contribution is 2.02. The van der Waals surface area contributed by atoms with Gasteiger partial charge in [-0.2, -0.15) is 0 Å². The Bertz CT molecular complexity index is 394. The Morgan fingerprint density at radius 2 is 1.50 bits per heavy atom. The molecule has 0 radical (unpaired) electrons. The van der Waals surface area contributed by atoms with Crippen molar-refractivity contribution in [1.82, 2.24) is 19.9 Å². The maximum atomic E-state index is 11.4. The number of carbonyl (C=O) groups excluding carboxylic acids is 1. The first-order valence-electron chi connectivity index (χ1n) is 8.09. The molecule has 1 heterocycles. The van der Waals surface area contributed by atoms with Crippen LogP contribution >= 0.6 is 0 Å². The molecule has 0 aliphatic rings. The van der Waals surface area contributed by atoms with Gasteiger partial charge in [-0.15, -0.1) is 0 Å². The lowest BCUT2D eigenvalue weighted by atomic mass is 10.1. The minimum atomic E-state index is -0.0237. The fourth-order valence-corrected chi connectivity index (χ4v) is 1.86. The Kier molecular flexibility index (Phi) is 15.3. The lowest BCUT2D eigenvalue weighted by molar-refractivity contribution is 0.0968. The molecule has 0 saturated carbocycles. The van der Waals surface area contributed by atoms with E-state index in [2.05, 4.69) is 15.0 Å². The van der Waals surface area contributed by atoms with Gasteiger partial charge in [0, 0.05) is 26.1 Å². The zero-order chi connectivity index (χ0) is 18.0. The third kappa shape index (κ3) is 12.0. The zero-order valence-electron chi connectivity index (χ0n) is 14.0. The third-order valence-electron chi connectivity index (χ3n) is 3.10. The normalized spacial score (nSPS) is 10.4. The van der Waals surface area contributed by atoms with Gasteiger partial charge in [0.1, 0.15) is 12.7 Å². The van der Waals surface area contributed by atoms with E-state index in [0.717, 1.165) is 19.3 Å². The van der Waals surface area contributed by atoms with Gasteiger partial charge in [0.05, 0.1) is 19.8 Å². The number of carbonyl (C=O) groups is 1. The van der Waals surface area contributed by atoms with Crippen molar-refractivity contribution in [2.45, 2.75) is 25.7 Å². The molecule has 0 unspecified atom stereocenters. The highest BCUT2D eigenvalue weighted by molar-refractivity contribution is 5.92. The second kappa shape index (κ2) is 16.3. The molecule has 0 aromatic carbocycles. The average Bonchev–Trinajstić information content (AvgIpc) is 2.61. The van der Waals surface area contributed by atoms with Crippen LogP contribution in [0.15, 0.2) is 12.7 Å². The predicted molar refractivity (Wildman–Crippen MR) is 89.4 cm³/mol. The highest BCUT2D eigenvalue weighted by atomic mass is 16.3. The van der Waals surface area contributed by atoms with Crippen LogP contribution in [0.5, 0.6) is 0 Å². The number of Topliss-reactive ketones (excluding diaryl/α,β-unsaturated/α-hetero) is 1. The molecule has 0 saturated heterocycles. The van der Waals surface area contributed by atoms with Gasteiger partial charge in [-0.3, -0.25) is 9.69 Å². The maximum Gasteiger partial charge on any atom is 0.200 e. The van der Waals surface area contributed by atoms with Crippen LogP contribution in [0.3, 0.4) is 0 Å². The van der Waals surface area contributed by atoms with Crippen LogP contribution in [-0.2, 0) is 0 Å². The van der Waals surface area contributed by atoms with Crippen molar-refractivity contribution in [3.63, 3.8) is 0 Å². The number of aromatic nitrogens is 3. The second-order valence-corrected chi connectivity index (χ2v) is 5.00. The van der Waals surface area contributed by atoms with E-state index in [1.807, 2.05) is 0 Å². The van der Waals surface area contributed by atoms with Crippen molar-refractivity contribution < 1.29 is 20.1 Å². The lowest BCUT2D eigenvalue weighted by Gasteiger charge is -2.17. The van der Waals surface area contributed by atoms with E-state index in [1.54, 1.807) is 4.90 Å². The molecular formula is C15H29N5O4. The fourth-order valence-electron chi connectivity index (χ4n) is 1.86. The van der Waals surface area contributed by atoms with E-state index in [1.165, 1.54) is 12.7 Å². The first kappa shape index (κ1) is 22.5. The summed E-state index contributed by atoms with van der Waals surface area (Å²) in [6.07, 6.45) is 5.95. The molecule has 0 fully saturated rings. The average molecular weight is 343 g/mol. The van der Waals surface area contributed by atoms with E-state index in [9.17, 15) is 4.79 Å². The van der Waals surface area contributed by atoms with E-state index >= 15 is 0 Å². The van der Waals surface area contributed by atoms with Crippen LogP contribution in [0.1, 0.15) is 36.3 Å². The molecule has 0 atom stereocenters. The molecule has 1 aromatic heterocycles. The number of aliphatic hydroxyl groups is 3. The molecular weight excluding hydrogens is 314 g/mol. The highest BCUT2D eigenvalue weighted by Gasteiger charge is 2.07. The van der Waals surface area contributed by atoms with E-state index < -0.39 is 0 Å². The number of hydrogen-bond acceptors (Lipinski definition) is 9. The molecule has 9 heteroatoms. The maximum absolute atomic E-state index is 11.4. The van der Waals surface area contributed by atoms with Crippen molar-refractivity contribution in [3.8, 4) is 0 Å². The number of unbranched alkanes of at least 4 members (excludes halogenated alkanes) is 2. The monoisotopic (exact) mass is 343 g/mol. The quantitative estimate of drug-likeness (QED) is 0.272. The Balaban J connectivity index is 0.000000470. The summed E-state index contributed by atoms with van der Waals surface area (Å²) in [6.45, 7) is 2.43. The summed E-state index contributed by atoms with van der Waals surface area (Å²) in [7, 11) is 0. The van der Waals surface area contributed by atoms with Crippen LogP contribution in [0.4, 0.5) is 0 Å². The van der Waals surface area contributed by atoms with Crippen LogP contribution in [0, 0.1) is 0 Å². The van der Waals surface area contributed by atoms with Crippen LogP contribution in [0.2, 0.25) is 0 Å². The smallest absolute Gasteiger partial charge is 0.200 e. The molecule has 1 rings (SSSR count). The molecule has 24 heavy (non-hydrogen) atoms. The van der Waals surface area contributed by atoms with Gasteiger partial charge in [0.2, 0.25) is 0 Å². The van der Waals surface area contributed by atoms with Crippen LogP contribution in [-0.4, -0.2) is 87.0 Å². The largest absolute Gasteiger partial charge is 0.395 e. The number of rotatable bonds is 12. The molecule has 0 bridgehead atoms.